The van der Waals surface area contributed by atoms with Crippen molar-refractivity contribution in [3.63, 3.8) is 0 Å². The first kappa shape index (κ1) is 20.2. The van der Waals surface area contributed by atoms with Gasteiger partial charge in [0.2, 0.25) is 0 Å². The van der Waals surface area contributed by atoms with E-state index in [4.69, 9.17) is 5.11 Å². The van der Waals surface area contributed by atoms with Crippen LogP contribution in [0.5, 0.6) is 0 Å². The molecular formula is C20H38N2O. The first-order chi connectivity index (χ1) is 11.4. The summed E-state index contributed by atoms with van der Waals surface area (Å²) < 4.78 is 0. The summed E-state index contributed by atoms with van der Waals surface area (Å²) in [6, 6.07) is 0. The minimum atomic E-state index is 0.236. The summed E-state index contributed by atoms with van der Waals surface area (Å²) in [5.41, 5.74) is 0. The summed E-state index contributed by atoms with van der Waals surface area (Å²) in [5, 5.41) is 9.02. The fourth-order valence-electron chi connectivity index (χ4n) is 3.13. The van der Waals surface area contributed by atoms with Crippen LogP contribution >= 0.6 is 0 Å². The van der Waals surface area contributed by atoms with Gasteiger partial charge >= 0.3 is 0 Å². The normalized spacial score (nSPS) is 14.9. The van der Waals surface area contributed by atoms with E-state index in [1.165, 1.54) is 76.5 Å². The van der Waals surface area contributed by atoms with Gasteiger partial charge in [-0.15, -0.1) is 0 Å². The van der Waals surface area contributed by atoms with Crippen molar-refractivity contribution in [2.45, 2.75) is 84.0 Å². The molecule has 0 aromatic heterocycles. The third-order valence-electron chi connectivity index (χ3n) is 4.56. The molecule has 1 aliphatic heterocycles. The lowest BCUT2D eigenvalue weighted by atomic mass is 10.1. The molecule has 0 fully saturated rings. The molecule has 23 heavy (non-hydrogen) atoms. The fourth-order valence-corrected chi connectivity index (χ4v) is 3.13. The first-order valence-corrected chi connectivity index (χ1v) is 9.92. The van der Waals surface area contributed by atoms with Crippen LogP contribution in [0.2, 0.25) is 0 Å². The zero-order valence-corrected chi connectivity index (χ0v) is 15.3. The van der Waals surface area contributed by atoms with Crippen LogP contribution in [0.1, 0.15) is 84.0 Å². The lowest BCUT2D eigenvalue weighted by molar-refractivity contribution is 0.255. The van der Waals surface area contributed by atoms with Crippen LogP contribution in [0, 0.1) is 0 Å². The Hall–Kier alpha value is -0.830. The van der Waals surface area contributed by atoms with E-state index in [0.29, 0.717) is 0 Å². The Kier molecular flexibility index (Phi) is 13.0. The van der Waals surface area contributed by atoms with Gasteiger partial charge in [-0.05, 0) is 32.1 Å². The highest BCUT2D eigenvalue weighted by Gasteiger charge is 2.14. The second-order valence-corrected chi connectivity index (χ2v) is 6.64. The Bertz CT molecular complexity index is 326. The molecule has 1 heterocycles. The highest BCUT2D eigenvalue weighted by atomic mass is 16.3. The van der Waals surface area contributed by atoms with Crippen LogP contribution in [-0.2, 0) is 0 Å². The van der Waals surface area contributed by atoms with Crippen molar-refractivity contribution in [3.8, 4) is 0 Å². The van der Waals surface area contributed by atoms with Gasteiger partial charge in [-0.25, -0.2) is 0 Å². The molecule has 134 valence electrons. The maximum atomic E-state index is 9.02. The zero-order chi connectivity index (χ0) is 16.6. The Labute approximate surface area is 143 Å². The number of amidine groups is 1. The fraction of sp³-hybridized carbons (Fsp3) is 0.850. The molecule has 0 atom stereocenters. The molecular weight excluding hydrogens is 284 g/mol. The number of aliphatic hydroxyl groups is 1. The molecule has 1 rings (SSSR count). The number of allylic oxidation sites excluding steroid dienone is 2. The summed E-state index contributed by atoms with van der Waals surface area (Å²) in [4.78, 5) is 6.78. The van der Waals surface area contributed by atoms with Crippen molar-refractivity contribution in [1.29, 1.82) is 0 Å². The summed E-state index contributed by atoms with van der Waals surface area (Å²) in [5.74, 6) is 1.21. The Balaban J connectivity index is 1.87. The molecule has 0 amide bonds. The Morgan fingerprint density at radius 3 is 2.30 bits per heavy atom. The van der Waals surface area contributed by atoms with Crippen LogP contribution < -0.4 is 0 Å². The first-order valence-electron chi connectivity index (χ1n) is 9.92. The molecule has 0 unspecified atom stereocenters. The topological polar surface area (TPSA) is 35.8 Å². The molecule has 3 heteroatoms. The molecule has 1 N–H and O–H groups in total. The molecule has 0 spiro atoms. The summed E-state index contributed by atoms with van der Waals surface area (Å²) in [6.45, 7) is 5.16. The van der Waals surface area contributed by atoms with Crippen molar-refractivity contribution in [2.24, 2.45) is 4.99 Å². The third-order valence-corrected chi connectivity index (χ3v) is 4.56. The Morgan fingerprint density at radius 2 is 1.61 bits per heavy atom. The predicted octanol–water partition coefficient (Wildman–Crippen LogP) is 4.95. The van der Waals surface area contributed by atoms with E-state index in [2.05, 4.69) is 29.0 Å². The summed E-state index contributed by atoms with van der Waals surface area (Å²) in [7, 11) is 0. The molecule has 0 radical (unpaired) electrons. The number of nitrogens with zero attached hydrogens (tertiary/aromatic N) is 2. The van der Waals surface area contributed by atoms with Crippen LogP contribution in [-0.4, -0.2) is 42.1 Å². The van der Waals surface area contributed by atoms with Gasteiger partial charge < -0.3 is 10.0 Å². The number of hydrogen-bond donors (Lipinski definition) is 1. The van der Waals surface area contributed by atoms with Crippen LogP contribution in [0.3, 0.4) is 0 Å². The second kappa shape index (κ2) is 14.7. The lowest BCUT2D eigenvalue weighted by Gasteiger charge is -2.18. The average molecular weight is 323 g/mol. The number of hydrogen-bond acceptors (Lipinski definition) is 3. The molecule has 0 bridgehead atoms. The summed E-state index contributed by atoms with van der Waals surface area (Å²) in [6.07, 6.45) is 20.5. The largest absolute Gasteiger partial charge is 0.395 e. The van der Waals surface area contributed by atoms with E-state index in [0.717, 1.165) is 26.1 Å². The number of β-amino-alcohol motifs (C(OH)–C–C–N with tert-alkyl or cyclic N) is 1. The second-order valence-electron chi connectivity index (χ2n) is 6.64. The van der Waals surface area contributed by atoms with E-state index in [1.54, 1.807) is 0 Å². The van der Waals surface area contributed by atoms with Crippen LogP contribution in [0.4, 0.5) is 0 Å². The van der Waals surface area contributed by atoms with Gasteiger partial charge in [0, 0.05) is 19.5 Å². The maximum absolute atomic E-state index is 9.02. The zero-order valence-electron chi connectivity index (χ0n) is 15.3. The number of unbranched alkanes of at least 4 members (excludes halogenated alkanes) is 9. The van der Waals surface area contributed by atoms with E-state index in [1.807, 2.05) is 0 Å². The predicted molar refractivity (Wildman–Crippen MR) is 101 cm³/mol. The van der Waals surface area contributed by atoms with Crippen molar-refractivity contribution in [3.05, 3.63) is 12.2 Å². The molecule has 0 aliphatic carbocycles. The smallest absolute Gasteiger partial charge is 0.0991 e. The van der Waals surface area contributed by atoms with Gasteiger partial charge in [0.05, 0.1) is 19.0 Å². The molecule has 0 aromatic carbocycles. The summed E-state index contributed by atoms with van der Waals surface area (Å²) >= 11 is 0. The number of rotatable bonds is 15. The van der Waals surface area contributed by atoms with E-state index >= 15 is 0 Å². The van der Waals surface area contributed by atoms with Gasteiger partial charge in [-0.3, -0.25) is 4.99 Å². The van der Waals surface area contributed by atoms with Crippen molar-refractivity contribution >= 4 is 5.84 Å². The third kappa shape index (κ3) is 10.5. The highest BCUT2D eigenvalue weighted by Crippen LogP contribution is 2.11. The highest BCUT2D eigenvalue weighted by molar-refractivity contribution is 5.83. The van der Waals surface area contributed by atoms with Gasteiger partial charge in [0.25, 0.3) is 0 Å². The minimum Gasteiger partial charge on any atom is -0.395 e. The number of aliphatic imine (C=N–C) groups is 1. The molecule has 0 saturated heterocycles. The monoisotopic (exact) mass is 322 g/mol. The lowest BCUT2D eigenvalue weighted by Crippen LogP contribution is -2.30. The molecule has 1 aliphatic rings. The quantitative estimate of drug-likeness (QED) is 0.342. The molecule has 0 aromatic rings. The van der Waals surface area contributed by atoms with Crippen molar-refractivity contribution < 1.29 is 5.11 Å². The average Bonchev–Trinajstić information content (AvgIpc) is 2.99. The van der Waals surface area contributed by atoms with Crippen molar-refractivity contribution in [1.82, 2.24) is 4.90 Å². The Morgan fingerprint density at radius 1 is 0.957 bits per heavy atom. The van der Waals surface area contributed by atoms with Crippen LogP contribution in [0.25, 0.3) is 0 Å². The van der Waals surface area contributed by atoms with Crippen LogP contribution in [0.15, 0.2) is 17.1 Å². The van der Waals surface area contributed by atoms with E-state index in [-0.39, 0.29) is 6.61 Å². The maximum Gasteiger partial charge on any atom is 0.0991 e. The minimum absolute atomic E-state index is 0.236. The standard InChI is InChI=1S/C20H38N2O/c1-2-3-4-5-6-7-8-9-10-11-12-13-14-15-20-21-16-17-22(20)18-19-23/h10-11,23H,2-9,12-19H2,1H3/b11-10+. The SMILES string of the molecule is CCCCCCCCC/C=C/CCCCC1=NCCN1CCO. The van der Waals surface area contributed by atoms with Gasteiger partial charge in [-0.1, -0.05) is 57.6 Å². The van der Waals surface area contributed by atoms with Gasteiger partial charge in [-0.2, -0.15) is 0 Å². The van der Waals surface area contributed by atoms with Gasteiger partial charge in [0.1, 0.15) is 0 Å². The van der Waals surface area contributed by atoms with E-state index < -0.39 is 0 Å². The molecule has 3 nitrogen and oxygen atoms in total. The van der Waals surface area contributed by atoms with Gasteiger partial charge in [0.15, 0.2) is 0 Å². The number of aliphatic hydroxyl groups excluding tert-OH is 1. The molecule has 0 saturated carbocycles. The van der Waals surface area contributed by atoms with E-state index in [9.17, 15) is 0 Å². The van der Waals surface area contributed by atoms with Crippen molar-refractivity contribution in [2.75, 3.05) is 26.2 Å².